The first kappa shape index (κ1) is 17.8. The Morgan fingerprint density at radius 3 is 2.68 bits per heavy atom. The number of rotatable bonds is 4. The molecule has 4 heteroatoms. The highest BCUT2D eigenvalue weighted by molar-refractivity contribution is 8.18. The monoisotopic (exact) mass is 374 g/mol. The molecule has 1 unspecified atom stereocenters. The van der Waals surface area contributed by atoms with E-state index in [-0.39, 0.29) is 4.08 Å². The maximum absolute atomic E-state index is 3.79. The zero-order chi connectivity index (χ0) is 17.3. The average Bonchev–Trinajstić information content (AvgIpc) is 3.07. The largest absolute Gasteiger partial charge is 0.357 e. The third-order valence-electron chi connectivity index (χ3n) is 6.11. The molecule has 1 aromatic heterocycles. The number of para-hydroxylation sites is 1. The number of benzene rings is 1. The van der Waals surface area contributed by atoms with Gasteiger partial charge in [-0.15, -0.1) is 23.5 Å². The Morgan fingerprint density at radius 1 is 1.16 bits per heavy atom. The van der Waals surface area contributed by atoms with Gasteiger partial charge in [0.1, 0.15) is 4.08 Å². The fourth-order valence-corrected chi connectivity index (χ4v) is 8.31. The summed E-state index contributed by atoms with van der Waals surface area (Å²) in [5, 5.41) is 1.36. The fraction of sp³-hybridized carbons (Fsp3) is 0.619. The zero-order valence-corrected chi connectivity index (χ0v) is 17.1. The number of hydrogen-bond donors (Lipinski definition) is 1. The lowest BCUT2D eigenvalue weighted by Gasteiger charge is -2.48. The van der Waals surface area contributed by atoms with E-state index in [1.54, 1.807) is 0 Å². The molecule has 0 bridgehead atoms. The molecule has 2 fully saturated rings. The lowest BCUT2D eigenvalue weighted by Crippen LogP contribution is -2.44. The Balaban J connectivity index is 1.71. The minimum absolute atomic E-state index is 0.200. The summed E-state index contributed by atoms with van der Waals surface area (Å²) in [6.07, 6.45) is 6.67. The van der Waals surface area contributed by atoms with Crippen molar-refractivity contribution in [1.29, 1.82) is 0 Å². The van der Waals surface area contributed by atoms with Gasteiger partial charge in [-0.1, -0.05) is 25.1 Å². The van der Waals surface area contributed by atoms with Gasteiger partial charge in [-0.2, -0.15) is 0 Å². The van der Waals surface area contributed by atoms with Gasteiger partial charge in [-0.05, 0) is 80.1 Å². The molecule has 2 aliphatic heterocycles. The van der Waals surface area contributed by atoms with Crippen LogP contribution in [0.3, 0.4) is 0 Å². The number of nitrogens with zero attached hydrogens (tertiary/aromatic N) is 1. The van der Waals surface area contributed by atoms with Crippen LogP contribution in [0.2, 0.25) is 0 Å². The van der Waals surface area contributed by atoms with Crippen LogP contribution in [-0.4, -0.2) is 41.5 Å². The summed E-state index contributed by atoms with van der Waals surface area (Å²) in [7, 11) is 2.31. The minimum atomic E-state index is 0.200. The second-order valence-corrected chi connectivity index (χ2v) is 11.0. The van der Waals surface area contributed by atoms with Crippen molar-refractivity contribution >= 4 is 34.4 Å². The molecule has 0 amide bonds. The van der Waals surface area contributed by atoms with Crippen LogP contribution in [0, 0.1) is 5.41 Å². The van der Waals surface area contributed by atoms with E-state index in [9.17, 15) is 0 Å². The molecule has 2 aromatic rings. The molecule has 0 saturated carbocycles. The molecule has 0 aliphatic carbocycles. The first-order valence-electron chi connectivity index (χ1n) is 9.69. The van der Waals surface area contributed by atoms with Gasteiger partial charge < -0.3 is 9.88 Å². The fourth-order valence-electron chi connectivity index (χ4n) is 4.71. The van der Waals surface area contributed by atoms with Gasteiger partial charge in [-0.3, -0.25) is 0 Å². The van der Waals surface area contributed by atoms with E-state index < -0.39 is 0 Å². The molecule has 1 N–H and O–H groups in total. The summed E-state index contributed by atoms with van der Waals surface area (Å²) in [6, 6.07) is 11.2. The molecule has 0 radical (unpaired) electrons. The summed E-state index contributed by atoms with van der Waals surface area (Å²) in [5.74, 6) is 2.58. The van der Waals surface area contributed by atoms with Gasteiger partial charge in [0.05, 0.1) is 0 Å². The Bertz CT molecular complexity index is 687. The van der Waals surface area contributed by atoms with Crippen LogP contribution >= 0.6 is 23.5 Å². The van der Waals surface area contributed by atoms with E-state index in [2.05, 4.69) is 77.7 Å². The van der Waals surface area contributed by atoms with Crippen molar-refractivity contribution in [3.05, 3.63) is 36.0 Å². The van der Waals surface area contributed by atoms with Crippen molar-refractivity contribution in [1.82, 2.24) is 9.88 Å². The van der Waals surface area contributed by atoms with Crippen LogP contribution < -0.4 is 0 Å². The predicted molar refractivity (Wildman–Crippen MR) is 114 cm³/mol. The van der Waals surface area contributed by atoms with Crippen molar-refractivity contribution in [3.8, 4) is 0 Å². The van der Waals surface area contributed by atoms with Crippen molar-refractivity contribution in [2.24, 2.45) is 5.41 Å². The highest BCUT2D eigenvalue weighted by atomic mass is 32.2. The summed E-state index contributed by atoms with van der Waals surface area (Å²) in [4.78, 5) is 6.35. The summed E-state index contributed by atoms with van der Waals surface area (Å²) >= 11 is 4.40. The second kappa shape index (κ2) is 7.21. The number of aromatic nitrogens is 1. The van der Waals surface area contributed by atoms with Gasteiger partial charge >= 0.3 is 0 Å². The first-order valence-corrected chi connectivity index (χ1v) is 11.7. The molecule has 3 heterocycles. The van der Waals surface area contributed by atoms with Gasteiger partial charge in [0.15, 0.2) is 0 Å². The number of likely N-dealkylation sites (tertiary alicyclic amines) is 1. The Morgan fingerprint density at radius 2 is 1.96 bits per heavy atom. The standard InChI is InChI=1S/C21H30N2S2/c1-3-20(10-6-11-23(2)16-20)15-21(24-12-7-13-25-21)19-14-17-8-4-5-9-18(17)22-19/h4-5,8-9,14,22H,3,6-7,10-13,15-16H2,1-2H3. The number of H-pyrrole nitrogens is 1. The molecule has 2 saturated heterocycles. The third kappa shape index (κ3) is 3.50. The number of thioether (sulfide) groups is 2. The van der Waals surface area contributed by atoms with Crippen LogP contribution in [0.15, 0.2) is 30.3 Å². The van der Waals surface area contributed by atoms with Crippen molar-refractivity contribution < 1.29 is 0 Å². The van der Waals surface area contributed by atoms with E-state index in [1.165, 1.54) is 73.3 Å². The normalized spacial score (nSPS) is 27.6. The van der Waals surface area contributed by atoms with Crippen LogP contribution in [0.5, 0.6) is 0 Å². The number of nitrogens with one attached hydrogen (secondary N) is 1. The number of aromatic amines is 1. The van der Waals surface area contributed by atoms with Gasteiger partial charge in [0.2, 0.25) is 0 Å². The number of fused-ring (bicyclic) bond motifs is 1. The average molecular weight is 375 g/mol. The third-order valence-corrected chi connectivity index (χ3v) is 9.46. The quantitative estimate of drug-likeness (QED) is 0.740. The maximum Gasteiger partial charge on any atom is 0.101 e. The van der Waals surface area contributed by atoms with Crippen LogP contribution in [0.1, 0.15) is 44.7 Å². The van der Waals surface area contributed by atoms with Crippen LogP contribution in [0.4, 0.5) is 0 Å². The van der Waals surface area contributed by atoms with E-state index in [1.807, 2.05) is 0 Å². The summed E-state index contributed by atoms with van der Waals surface area (Å²) in [5.41, 5.74) is 3.20. The topological polar surface area (TPSA) is 19.0 Å². The summed E-state index contributed by atoms with van der Waals surface area (Å²) < 4.78 is 0.200. The highest BCUT2D eigenvalue weighted by Gasteiger charge is 2.45. The SMILES string of the molecule is CCC1(CC2(c3cc4ccccc4[nH]3)SCCCS2)CCCN(C)C1. The molecule has 1 aromatic carbocycles. The first-order chi connectivity index (χ1) is 12.1. The van der Waals surface area contributed by atoms with E-state index in [4.69, 9.17) is 0 Å². The van der Waals surface area contributed by atoms with Gasteiger partial charge in [-0.25, -0.2) is 0 Å². The van der Waals surface area contributed by atoms with Crippen molar-refractivity contribution in [3.63, 3.8) is 0 Å². The highest BCUT2D eigenvalue weighted by Crippen LogP contribution is 2.58. The predicted octanol–water partition coefficient (Wildman–Crippen LogP) is 5.70. The molecule has 2 nitrogen and oxygen atoms in total. The van der Waals surface area contributed by atoms with E-state index in [0.29, 0.717) is 5.41 Å². The van der Waals surface area contributed by atoms with Crippen LogP contribution in [-0.2, 0) is 4.08 Å². The second-order valence-electron chi connectivity index (χ2n) is 7.95. The number of hydrogen-bond acceptors (Lipinski definition) is 3. The van der Waals surface area contributed by atoms with Gasteiger partial charge in [0.25, 0.3) is 0 Å². The van der Waals surface area contributed by atoms with E-state index in [0.717, 1.165) is 0 Å². The smallest absolute Gasteiger partial charge is 0.101 e. The summed E-state index contributed by atoms with van der Waals surface area (Å²) in [6.45, 7) is 4.93. The van der Waals surface area contributed by atoms with Gasteiger partial charge in [0, 0.05) is 17.8 Å². The molecule has 25 heavy (non-hydrogen) atoms. The Labute approximate surface area is 160 Å². The Kier molecular flexibility index (Phi) is 5.13. The Hall–Kier alpha value is -0.580. The molecular formula is C21H30N2S2. The number of piperidine rings is 1. The zero-order valence-electron chi connectivity index (χ0n) is 15.5. The molecule has 4 rings (SSSR count). The minimum Gasteiger partial charge on any atom is -0.357 e. The molecule has 136 valence electrons. The molecule has 1 atom stereocenters. The lowest BCUT2D eigenvalue weighted by molar-refractivity contribution is 0.0908. The van der Waals surface area contributed by atoms with Crippen molar-refractivity contribution in [2.45, 2.75) is 43.1 Å². The molecule has 2 aliphatic rings. The van der Waals surface area contributed by atoms with E-state index >= 15 is 0 Å². The maximum atomic E-state index is 3.79. The van der Waals surface area contributed by atoms with Crippen molar-refractivity contribution in [2.75, 3.05) is 31.6 Å². The molecule has 0 spiro atoms. The van der Waals surface area contributed by atoms with Crippen LogP contribution in [0.25, 0.3) is 10.9 Å². The lowest BCUT2D eigenvalue weighted by atomic mass is 9.73. The molecular weight excluding hydrogens is 344 g/mol.